The zero-order chi connectivity index (χ0) is 20.3. The fraction of sp³-hybridized carbons (Fsp3) is 0.190. The van der Waals surface area contributed by atoms with Crippen molar-refractivity contribution in [1.29, 1.82) is 0 Å². The molecule has 0 aliphatic heterocycles. The van der Waals surface area contributed by atoms with Crippen molar-refractivity contribution in [2.24, 2.45) is 0 Å². The summed E-state index contributed by atoms with van der Waals surface area (Å²) in [6.07, 6.45) is 1.54. The molecule has 1 aromatic heterocycles. The van der Waals surface area contributed by atoms with E-state index in [2.05, 4.69) is 26.7 Å². The van der Waals surface area contributed by atoms with Crippen molar-refractivity contribution in [3.8, 4) is 5.75 Å². The molecule has 0 radical (unpaired) electrons. The number of hydrogen-bond acceptors (Lipinski definition) is 5. The molecule has 1 amide bonds. The van der Waals surface area contributed by atoms with Gasteiger partial charge in [-0.15, -0.1) is 0 Å². The van der Waals surface area contributed by atoms with Gasteiger partial charge in [0.2, 0.25) is 5.95 Å². The van der Waals surface area contributed by atoms with Crippen molar-refractivity contribution in [2.75, 3.05) is 17.7 Å². The molecule has 144 valence electrons. The van der Waals surface area contributed by atoms with E-state index in [0.717, 1.165) is 22.4 Å². The molecule has 0 atom stereocenters. The van der Waals surface area contributed by atoms with Crippen molar-refractivity contribution < 1.29 is 9.53 Å². The maximum absolute atomic E-state index is 12.7. The number of nitrogens with zero attached hydrogens (tertiary/aromatic N) is 2. The number of benzene rings is 2. The van der Waals surface area contributed by atoms with E-state index in [4.69, 9.17) is 16.3 Å². The maximum Gasteiger partial charge on any atom is 0.274 e. The first-order valence-electron chi connectivity index (χ1n) is 8.69. The highest BCUT2D eigenvalue weighted by Crippen LogP contribution is 2.31. The fourth-order valence-corrected chi connectivity index (χ4v) is 2.99. The van der Waals surface area contributed by atoms with E-state index in [-0.39, 0.29) is 11.6 Å². The molecule has 0 aliphatic rings. The highest BCUT2D eigenvalue weighted by atomic mass is 35.5. The SMILES string of the molecule is COc1cc(Cl)c(C)cc1NC(=O)c1ccnc(Nc2cc(C)cc(C)c2)n1. The number of nitrogens with one attached hydrogen (secondary N) is 2. The Morgan fingerprint density at radius 3 is 2.46 bits per heavy atom. The zero-order valence-corrected chi connectivity index (χ0v) is 16.9. The Balaban J connectivity index is 1.82. The zero-order valence-electron chi connectivity index (χ0n) is 16.1. The Kier molecular flexibility index (Phi) is 5.80. The van der Waals surface area contributed by atoms with Crippen LogP contribution in [0.2, 0.25) is 5.02 Å². The largest absolute Gasteiger partial charge is 0.495 e. The van der Waals surface area contributed by atoms with Crippen molar-refractivity contribution >= 4 is 34.8 Å². The Morgan fingerprint density at radius 1 is 1.07 bits per heavy atom. The van der Waals surface area contributed by atoms with Gasteiger partial charge in [-0.3, -0.25) is 4.79 Å². The Labute approximate surface area is 168 Å². The molecule has 0 bridgehead atoms. The Morgan fingerprint density at radius 2 is 1.79 bits per heavy atom. The van der Waals surface area contributed by atoms with Crippen LogP contribution in [0.5, 0.6) is 5.75 Å². The smallest absolute Gasteiger partial charge is 0.274 e. The lowest BCUT2D eigenvalue weighted by Crippen LogP contribution is -2.15. The number of ether oxygens (including phenoxy) is 1. The number of methoxy groups -OCH3 is 1. The van der Waals surface area contributed by atoms with Gasteiger partial charge in [0.25, 0.3) is 5.91 Å². The number of carbonyl (C=O) groups excluding carboxylic acids is 1. The molecule has 0 saturated heterocycles. The molecule has 1 heterocycles. The minimum Gasteiger partial charge on any atom is -0.495 e. The van der Waals surface area contributed by atoms with E-state index in [1.54, 1.807) is 18.2 Å². The number of hydrogen-bond donors (Lipinski definition) is 2. The van der Waals surface area contributed by atoms with Gasteiger partial charge in [-0.05, 0) is 61.7 Å². The van der Waals surface area contributed by atoms with Crippen molar-refractivity contribution in [3.05, 3.63) is 70.0 Å². The highest BCUT2D eigenvalue weighted by molar-refractivity contribution is 6.31. The molecule has 3 aromatic rings. The molecule has 7 heteroatoms. The van der Waals surface area contributed by atoms with Gasteiger partial charge in [0.15, 0.2) is 0 Å². The van der Waals surface area contributed by atoms with E-state index in [0.29, 0.717) is 22.4 Å². The summed E-state index contributed by atoms with van der Waals surface area (Å²) in [7, 11) is 1.52. The molecule has 0 spiro atoms. The molecule has 2 N–H and O–H groups in total. The molecule has 0 unspecified atom stereocenters. The monoisotopic (exact) mass is 396 g/mol. The molecule has 0 saturated carbocycles. The summed E-state index contributed by atoms with van der Waals surface area (Å²) in [6.45, 7) is 5.89. The molecular weight excluding hydrogens is 376 g/mol. The van der Waals surface area contributed by atoms with Crippen LogP contribution < -0.4 is 15.4 Å². The van der Waals surface area contributed by atoms with Gasteiger partial charge in [0.1, 0.15) is 11.4 Å². The van der Waals surface area contributed by atoms with Crippen molar-refractivity contribution in [1.82, 2.24) is 9.97 Å². The summed E-state index contributed by atoms with van der Waals surface area (Å²) in [5.74, 6) is 0.453. The third kappa shape index (κ3) is 4.58. The number of anilines is 3. The molecule has 0 fully saturated rings. The van der Waals surface area contributed by atoms with Crippen LogP contribution >= 0.6 is 11.6 Å². The molecule has 0 aliphatic carbocycles. The second-order valence-electron chi connectivity index (χ2n) is 6.52. The average Bonchev–Trinajstić information content (AvgIpc) is 2.64. The second-order valence-corrected chi connectivity index (χ2v) is 6.93. The number of aromatic nitrogens is 2. The summed E-state index contributed by atoms with van der Waals surface area (Å²) >= 11 is 6.12. The quantitative estimate of drug-likeness (QED) is 0.630. The Bertz CT molecular complexity index is 1020. The first kappa shape index (κ1) is 19.6. The molecular formula is C21H21ClN4O2. The van der Waals surface area contributed by atoms with Crippen LogP contribution in [-0.2, 0) is 0 Å². The second kappa shape index (κ2) is 8.27. The van der Waals surface area contributed by atoms with Crippen molar-refractivity contribution in [3.63, 3.8) is 0 Å². The normalized spacial score (nSPS) is 10.5. The molecule has 28 heavy (non-hydrogen) atoms. The first-order valence-corrected chi connectivity index (χ1v) is 9.07. The lowest BCUT2D eigenvalue weighted by Gasteiger charge is -2.12. The van der Waals surface area contributed by atoms with Crippen LogP contribution in [0.1, 0.15) is 27.2 Å². The average molecular weight is 397 g/mol. The molecule has 2 aromatic carbocycles. The van der Waals surface area contributed by atoms with Gasteiger partial charge in [0.05, 0.1) is 12.8 Å². The summed E-state index contributed by atoms with van der Waals surface area (Å²) < 4.78 is 5.30. The summed E-state index contributed by atoms with van der Waals surface area (Å²) in [5.41, 5.74) is 4.71. The van der Waals surface area contributed by atoms with Gasteiger partial charge < -0.3 is 15.4 Å². The van der Waals surface area contributed by atoms with Crippen molar-refractivity contribution in [2.45, 2.75) is 20.8 Å². The lowest BCUT2D eigenvalue weighted by atomic mass is 10.1. The third-order valence-corrected chi connectivity index (χ3v) is 4.50. The van der Waals surface area contributed by atoms with E-state index in [1.807, 2.05) is 32.9 Å². The van der Waals surface area contributed by atoms with E-state index >= 15 is 0 Å². The van der Waals surface area contributed by atoms with Gasteiger partial charge in [-0.1, -0.05) is 17.7 Å². The number of amides is 1. The number of carbonyl (C=O) groups is 1. The summed E-state index contributed by atoms with van der Waals surface area (Å²) in [5, 5.41) is 6.52. The third-order valence-electron chi connectivity index (χ3n) is 4.09. The highest BCUT2D eigenvalue weighted by Gasteiger charge is 2.14. The predicted molar refractivity (Wildman–Crippen MR) is 112 cm³/mol. The van der Waals surface area contributed by atoms with Crippen LogP contribution in [-0.4, -0.2) is 23.0 Å². The minimum atomic E-state index is -0.370. The topological polar surface area (TPSA) is 76.1 Å². The predicted octanol–water partition coefficient (Wildman–Crippen LogP) is 5.06. The Hall–Kier alpha value is -3.12. The molecule has 3 rings (SSSR count). The van der Waals surface area contributed by atoms with Gasteiger partial charge in [0, 0.05) is 23.0 Å². The van der Waals surface area contributed by atoms with E-state index in [9.17, 15) is 4.79 Å². The number of aryl methyl sites for hydroxylation is 3. The lowest BCUT2D eigenvalue weighted by molar-refractivity contribution is 0.102. The maximum atomic E-state index is 12.7. The minimum absolute atomic E-state index is 0.233. The number of rotatable bonds is 5. The van der Waals surface area contributed by atoms with Crippen LogP contribution in [0.15, 0.2) is 42.6 Å². The van der Waals surface area contributed by atoms with E-state index < -0.39 is 0 Å². The van der Waals surface area contributed by atoms with Crippen LogP contribution in [0.4, 0.5) is 17.3 Å². The van der Waals surface area contributed by atoms with Crippen LogP contribution in [0.25, 0.3) is 0 Å². The number of halogens is 1. The standard InChI is InChI=1S/C21H21ClN4O2/c1-12-7-13(2)9-15(8-12)24-21-23-6-5-17(26-21)20(27)25-18-10-14(3)16(22)11-19(18)28-4/h5-11H,1-4H3,(H,25,27)(H,23,24,26). The summed E-state index contributed by atoms with van der Waals surface area (Å²) in [4.78, 5) is 21.2. The summed E-state index contributed by atoms with van der Waals surface area (Å²) in [6, 6.07) is 11.0. The van der Waals surface area contributed by atoms with Gasteiger partial charge in [-0.2, -0.15) is 0 Å². The van der Waals surface area contributed by atoms with Gasteiger partial charge in [-0.25, -0.2) is 9.97 Å². The van der Waals surface area contributed by atoms with Gasteiger partial charge >= 0.3 is 0 Å². The fourth-order valence-electron chi connectivity index (χ4n) is 2.84. The molecule has 6 nitrogen and oxygen atoms in total. The van der Waals surface area contributed by atoms with E-state index in [1.165, 1.54) is 13.3 Å². The van der Waals surface area contributed by atoms with Crippen LogP contribution in [0, 0.1) is 20.8 Å². The van der Waals surface area contributed by atoms with Crippen LogP contribution in [0.3, 0.4) is 0 Å². The first-order chi connectivity index (χ1) is 13.4.